The fourth-order valence-electron chi connectivity index (χ4n) is 5.09. The number of hydrogen-bond acceptors (Lipinski definition) is 3. The molecule has 4 aromatic carbocycles. The number of H-pyrrole nitrogens is 1. The van der Waals surface area contributed by atoms with Crippen LogP contribution in [0.1, 0.15) is 44.3 Å². The normalized spacial score (nSPS) is 14.5. The maximum atomic E-state index is 13.7. The van der Waals surface area contributed by atoms with Crippen molar-refractivity contribution in [1.82, 2.24) is 15.1 Å². The third kappa shape index (κ3) is 5.18. The molecule has 5 nitrogen and oxygen atoms in total. The summed E-state index contributed by atoms with van der Waals surface area (Å²) < 4.78 is 6.02. The Balaban J connectivity index is 1.31. The number of carbonyl (C=O) groups excluding carboxylic acids is 1. The molecule has 6 heteroatoms. The number of fused-ring (bicyclic) bond motifs is 1. The molecule has 1 N–H and O–H groups in total. The molecule has 0 bridgehead atoms. The number of nitrogens with zero attached hydrogens (tertiary/aromatic N) is 2. The van der Waals surface area contributed by atoms with Crippen LogP contribution in [0, 0.1) is 6.92 Å². The molecule has 5 aromatic rings. The SMILES string of the molecule is Cc1ccc(-c2n[nH]c3c2C(c2ccc(OCc4ccc(Cl)cc4)cc2)N(CCc2ccccc2)C3=O)cc1. The highest BCUT2D eigenvalue weighted by atomic mass is 35.5. The Hall–Kier alpha value is -4.35. The molecule has 39 heavy (non-hydrogen) atoms. The van der Waals surface area contributed by atoms with Crippen molar-refractivity contribution in [3.63, 3.8) is 0 Å². The minimum absolute atomic E-state index is 0.0279. The van der Waals surface area contributed by atoms with Crippen molar-refractivity contribution in [2.75, 3.05) is 6.54 Å². The van der Waals surface area contributed by atoms with Crippen LogP contribution in [0.5, 0.6) is 5.75 Å². The van der Waals surface area contributed by atoms with Gasteiger partial charge < -0.3 is 9.64 Å². The van der Waals surface area contributed by atoms with Gasteiger partial charge in [0.1, 0.15) is 18.1 Å². The Morgan fingerprint density at radius 1 is 0.872 bits per heavy atom. The minimum atomic E-state index is -0.253. The zero-order valence-electron chi connectivity index (χ0n) is 21.6. The molecular formula is C33H28ClN3O2. The molecule has 6 rings (SSSR count). The van der Waals surface area contributed by atoms with Gasteiger partial charge in [0.2, 0.25) is 0 Å². The van der Waals surface area contributed by atoms with E-state index in [1.54, 1.807) is 0 Å². The monoisotopic (exact) mass is 533 g/mol. The predicted molar refractivity (Wildman–Crippen MR) is 154 cm³/mol. The molecule has 0 saturated heterocycles. The molecule has 1 aromatic heterocycles. The first-order valence-electron chi connectivity index (χ1n) is 13.0. The summed E-state index contributed by atoms with van der Waals surface area (Å²) in [6.07, 6.45) is 0.767. The molecule has 1 aliphatic rings. The molecular weight excluding hydrogens is 506 g/mol. The molecule has 0 saturated carbocycles. The van der Waals surface area contributed by atoms with Crippen LogP contribution in [0.3, 0.4) is 0 Å². The number of halogens is 1. The van der Waals surface area contributed by atoms with E-state index in [9.17, 15) is 4.79 Å². The van der Waals surface area contributed by atoms with Crippen molar-refractivity contribution in [1.29, 1.82) is 0 Å². The summed E-state index contributed by atoms with van der Waals surface area (Å²) in [5.41, 5.74) is 7.72. The number of rotatable bonds is 8. The van der Waals surface area contributed by atoms with Crippen molar-refractivity contribution in [2.45, 2.75) is 26.0 Å². The average molecular weight is 534 g/mol. The van der Waals surface area contributed by atoms with Crippen molar-refractivity contribution in [3.05, 3.63) is 142 Å². The van der Waals surface area contributed by atoms with Crippen LogP contribution in [0.25, 0.3) is 11.3 Å². The van der Waals surface area contributed by atoms with E-state index >= 15 is 0 Å². The van der Waals surface area contributed by atoms with E-state index in [1.807, 2.05) is 71.6 Å². The van der Waals surface area contributed by atoms with Gasteiger partial charge >= 0.3 is 0 Å². The third-order valence-electron chi connectivity index (χ3n) is 7.19. The molecule has 0 fully saturated rings. The third-order valence-corrected chi connectivity index (χ3v) is 7.44. The van der Waals surface area contributed by atoms with Crippen LogP contribution >= 0.6 is 11.6 Å². The minimum Gasteiger partial charge on any atom is -0.489 e. The van der Waals surface area contributed by atoms with E-state index in [0.29, 0.717) is 23.9 Å². The van der Waals surface area contributed by atoms with Crippen LogP contribution < -0.4 is 4.74 Å². The first kappa shape index (κ1) is 25.0. The predicted octanol–water partition coefficient (Wildman–Crippen LogP) is 7.41. The van der Waals surface area contributed by atoms with E-state index in [1.165, 1.54) is 11.1 Å². The quantitative estimate of drug-likeness (QED) is 0.226. The van der Waals surface area contributed by atoms with Crippen LogP contribution in [0.15, 0.2) is 103 Å². The molecule has 1 atom stereocenters. The van der Waals surface area contributed by atoms with Crippen LogP contribution in [-0.4, -0.2) is 27.5 Å². The first-order valence-corrected chi connectivity index (χ1v) is 13.4. The summed E-state index contributed by atoms with van der Waals surface area (Å²) in [7, 11) is 0. The van der Waals surface area contributed by atoms with Gasteiger partial charge in [-0.25, -0.2) is 0 Å². The van der Waals surface area contributed by atoms with Gasteiger partial charge in [0.15, 0.2) is 0 Å². The number of ether oxygens (including phenoxy) is 1. The number of amides is 1. The molecule has 1 unspecified atom stereocenters. The van der Waals surface area contributed by atoms with Crippen LogP contribution in [0.4, 0.5) is 0 Å². The molecule has 0 radical (unpaired) electrons. The molecule has 0 spiro atoms. The van der Waals surface area contributed by atoms with Crippen molar-refractivity contribution in [3.8, 4) is 17.0 Å². The smallest absolute Gasteiger partial charge is 0.273 e. The number of aryl methyl sites for hydroxylation is 1. The number of aromatic nitrogens is 2. The summed E-state index contributed by atoms with van der Waals surface area (Å²) in [4.78, 5) is 15.6. The second-order valence-electron chi connectivity index (χ2n) is 9.85. The van der Waals surface area contributed by atoms with Gasteiger partial charge in [-0.1, -0.05) is 96.0 Å². The highest BCUT2D eigenvalue weighted by molar-refractivity contribution is 6.30. The largest absolute Gasteiger partial charge is 0.489 e. The van der Waals surface area contributed by atoms with Crippen molar-refractivity contribution in [2.24, 2.45) is 0 Å². The van der Waals surface area contributed by atoms with Gasteiger partial charge in [-0.2, -0.15) is 5.10 Å². The average Bonchev–Trinajstić information content (AvgIpc) is 3.51. The van der Waals surface area contributed by atoms with E-state index < -0.39 is 0 Å². The number of benzene rings is 4. The summed E-state index contributed by atoms with van der Waals surface area (Å²) in [6.45, 7) is 3.11. The van der Waals surface area contributed by atoms with Gasteiger partial charge in [0.05, 0.1) is 11.7 Å². The summed E-state index contributed by atoms with van der Waals surface area (Å²) in [5, 5.41) is 8.36. The van der Waals surface area contributed by atoms with Gasteiger partial charge in [-0.15, -0.1) is 0 Å². The Kier molecular flexibility index (Phi) is 6.91. The Bertz CT molecular complexity index is 1580. The number of carbonyl (C=O) groups is 1. The van der Waals surface area contributed by atoms with Gasteiger partial charge in [0.25, 0.3) is 5.91 Å². The number of aromatic amines is 1. The molecule has 2 heterocycles. The Morgan fingerprint density at radius 2 is 1.59 bits per heavy atom. The van der Waals surface area contributed by atoms with E-state index in [0.717, 1.165) is 40.1 Å². The maximum absolute atomic E-state index is 13.7. The summed E-state index contributed by atoms with van der Waals surface area (Å²) in [5.74, 6) is 0.736. The second-order valence-corrected chi connectivity index (χ2v) is 10.3. The first-order chi connectivity index (χ1) is 19.1. The lowest BCUT2D eigenvalue weighted by atomic mass is 9.95. The lowest BCUT2D eigenvalue weighted by Gasteiger charge is -2.26. The van der Waals surface area contributed by atoms with Crippen molar-refractivity contribution >= 4 is 17.5 Å². The highest BCUT2D eigenvalue weighted by Gasteiger charge is 2.41. The highest BCUT2D eigenvalue weighted by Crippen LogP contribution is 2.43. The Labute approximate surface area is 233 Å². The van der Waals surface area contributed by atoms with Gasteiger partial charge in [-0.05, 0) is 54.3 Å². The zero-order chi connectivity index (χ0) is 26.8. The second kappa shape index (κ2) is 10.8. The topological polar surface area (TPSA) is 58.2 Å². The molecule has 1 aliphatic heterocycles. The van der Waals surface area contributed by atoms with E-state index in [-0.39, 0.29) is 11.9 Å². The zero-order valence-corrected chi connectivity index (χ0v) is 22.4. The van der Waals surface area contributed by atoms with Gasteiger partial charge in [-0.3, -0.25) is 9.89 Å². The molecule has 1 amide bonds. The fraction of sp³-hybridized carbons (Fsp3) is 0.152. The van der Waals surface area contributed by atoms with E-state index in [2.05, 4.69) is 53.5 Å². The maximum Gasteiger partial charge on any atom is 0.273 e. The molecule has 0 aliphatic carbocycles. The fourth-order valence-corrected chi connectivity index (χ4v) is 5.22. The summed E-state index contributed by atoms with van der Waals surface area (Å²) >= 11 is 6.00. The van der Waals surface area contributed by atoms with Crippen LogP contribution in [0.2, 0.25) is 5.02 Å². The number of hydrogen-bond donors (Lipinski definition) is 1. The van der Waals surface area contributed by atoms with Gasteiger partial charge in [0, 0.05) is 22.7 Å². The standard InChI is InChI=1S/C33H28ClN3O2/c1-22-7-11-25(12-8-22)30-29-31(36-35-30)33(38)37(20-19-23-5-3-2-4-6-23)32(29)26-13-17-28(18-14-26)39-21-24-9-15-27(34)16-10-24/h2-18,32H,19-21H2,1H3,(H,35,36). The number of nitrogens with one attached hydrogen (secondary N) is 1. The Morgan fingerprint density at radius 3 is 2.31 bits per heavy atom. The lowest BCUT2D eigenvalue weighted by molar-refractivity contribution is 0.0746. The lowest BCUT2D eigenvalue weighted by Crippen LogP contribution is -2.31. The van der Waals surface area contributed by atoms with Crippen molar-refractivity contribution < 1.29 is 9.53 Å². The summed E-state index contributed by atoms with van der Waals surface area (Å²) in [6, 6.07) is 33.9. The van der Waals surface area contributed by atoms with E-state index in [4.69, 9.17) is 16.3 Å². The van der Waals surface area contributed by atoms with Crippen LogP contribution in [-0.2, 0) is 13.0 Å². The molecule has 194 valence electrons.